The highest BCUT2D eigenvalue weighted by Crippen LogP contribution is 2.28. The van der Waals surface area contributed by atoms with Gasteiger partial charge in [-0.2, -0.15) is 0 Å². The average molecular weight is 418 g/mol. The van der Waals surface area contributed by atoms with Gasteiger partial charge in [-0.05, 0) is 42.7 Å². The Morgan fingerprint density at radius 3 is 2.64 bits per heavy atom. The molecule has 1 atom stereocenters. The molecule has 0 saturated carbocycles. The smallest absolute Gasteiger partial charge is 0.221 e. The van der Waals surface area contributed by atoms with Crippen LogP contribution in [0.1, 0.15) is 18.9 Å². The minimum absolute atomic E-state index is 0.0763. The zero-order valence-corrected chi connectivity index (χ0v) is 17.0. The number of carbonyl (C=O) groups is 1. The van der Waals surface area contributed by atoms with Gasteiger partial charge in [-0.1, -0.05) is 35.3 Å². The molecular weight excluding hydrogens is 397 g/mol. The molecular formula is C21H21Cl2N3O2. The number of rotatable bonds is 8. The molecule has 1 N–H and O–H groups in total. The van der Waals surface area contributed by atoms with E-state index < -0.39 is 0 Å². The number of ether oxygens (including phenoxy) is 1. The van der Waals surface area contributed by atoms with E-state index in [0.717, 1.165) is 17.9 Å². The number of aromatic nitrogens is 2. The second-order valence-electron chi connectivity index (χ2n) is 6.49. The Hall–Kier alpha value is -2.50. The van der Waals surface area contributed by atoms with Gasteiger partial charge in [0.05, 0.1) is 23.6 Å². The van der Waals surface area contributed by atoms with Crippen molar-refractivity contribution in [3.05, 3.63) is 76.8 Å². The summed E-state index contributed by atoms with van der Waals surface area (Å²) < 4.78 is 8.19. The number of aryl methyl sites for hydroxylation is 1. The van der Waals surface area contributed by atoms with Crippen LogP contribution in [0.4, 0.5) is 5.69 Å². The van der Waals surface area contributed by atoms with E-state index in [1.165, 1.54) is 12.5 Å². The van der Waals surface area contributed by atoms with Gasteiger partial charge in [0.25, 0.3) is 0 Å². The predicted octanol–water partition coefficient (Wildman–Crippen LogP) is 5.23. The van der Waals surface area contributed by atoms with Crippen LogP contribution in [0.5, 0.6) is 5.75 Å². The summed E-state index contributed by atoms with van der Waals surface area (Å²) in [5.74, 6) is 0.483. The number of nitrogens with zero attached hydrogens (tertiary/aromatic N) is 2. The summed E-state index contributed by atoms with van der Waals surface area (Å²) in [5.41, 5.74) is 1.76. The molecule has 7 heteroatoms. The number of benzene rings is 2. The van der Waals surface area contributed by atoms with Crippen molar-refractivity contribution in [2.45, 2.75) is 32.4 Å². The van der Waals surface area contributed by atoms with Gasteiger partial charge in [-0.3, -0.25) is 4.79 Å². The Labute approximate surface area is 174 Å². The van der Waals surface area contributed by atoms with E-state index in [1.54, 1.807) is 30.7 Å². The first-order chi connectivity index (χ1) is 13.5. The molecule has 0 aliphatic heterocycles. The SMILES string of the molecule is CC(=O)Nc1ccc(OC(CCc2ccc(Cl)cc2)Cn2ccnc2)cc1Cl. The Morgan fingerprint density at radius 1 is 1.21 bits per heavy atom. The monoisotopic (exact) mass is 417 g/mol. The highest BCUT2D eigenvalue weighted by Gasteiger charge is 2.14. The Kier molecular flexibility index (Phi) is 6.95. The van der Waals surface area contributed by atoms with Crippen LogP contribution < -0.4 is 10.1 Å². The molecule has 0 radical (unpaired) electrons. The van der Waals surface area contributed by atoms with Crippen molar-refractivity contribution < 1.29 is 9.53 Å². The largest absolute Gasteiger partial charge is 0.489 e. The van der Waals surface area contributed by atoms with Crippen LogP contribution in [0.2, 0.25) is 10.0 Å². The normalized spacial score (nSPS) is 11.8. The average Bonchev–Trinajstić information content (AvgIpc) is 3.16. The lowest BCUT2D eigenvalue weighted by molar-refractivity contribution is -0.114. The van der Waals surface area contributed by atoms with Crippen molar-refractivity contribution in [1.29, 1.82) is 0 Å². The summed E-state index contributed by atoms with van der Waals surface area (Å²) in [6.07, 6.45) is 7.01. The van der Waals surface area contributed by atoms with Gasteiger partial charge < -0.3 is 14.6 Å². The van der Waals surface area contributed by atoms with Crippen LogP contribution >= 0.6 is 23.2 Å². The third kappa shape index (κ3) is 6.01. The van der Waals surface area contributed by atoms with Crippen LogP contribution in [-0.2, 0) is 17.8 Å². The van der Waals surface area contributed by atoms with Crippen molar-refractivity contribution in [2.24, 2.45) is 0 Å². The topological polar surface area (TPSA) is 56.1 Å². The fourth-order valence-electron chi connectivity index (χ4n) is 2.85. The molecule has 0 aliphatic rings. The van der Waals surface area contributed by atoms with Crippen molar-refractivity contribution in [1.82, 2.24) is 9.55 Å². The molecule has 1 aromatic heterocycles. The van der Waals surface area contributed by atoms with Crippen molar-refractivity contribution in [3.8, 4) is 5.75 Å². The van der Waals surface area contributed by atoms with E-state index in [0.29, 0.717) is 23.0 Å². The summed E-state index contributed by atoms with van der Waals surface area (Å²) in [5, 5.41) is 3.85. The zero-order chi connectivity index (χ0) is 19.9. The van der Waals surface area contributed by atoms with E-state index in [-0.39, 0.29) is 12.0 Å². The zero-order valence-electron chi connectivity index (χ0n) is 15.4. The number of nitrogens with one attached hydrogen (secondary N) is 1. The van der Waals surface area contributed by atoms with Crippen LogP contribution in [-0.4, -0.2) is 21.6 Å². The number of amides is 1. The number of halogens is 2. The highest BCUT2D eigenvalue weighted by atomic mass is 35.5. The lowest BCUT2D eigenvalue weighted by atomic mass is 10.1. The number of hydrogen-bond acceptors (Lipinski definition) is 3. The summed E-state index contributed by atoms with van der Waals surface area (Å²) in [6.45, 7) is 2.11. The first-order valence-corrected chi connectivity index (χ1v) is 9.69. The number of imidazole rings is 1. The second-order valence-corrected chi connectivity index (χ2v) is 7.33. The third-order valence-corrected chi connectivity index (χ3v) is 4.76. The van der Waals surface area contributed by atoms with E-state index in [1.807, 2.05) is 35.0 Å². The first kappa shape index (κ1) is 20.2. The Balaban J connectivity index is 1.70. The minimum atomic E-state index is -0.170. The quantitative estimate of drug-likeness (QED) is 0.545. The first-order valence-electron chi connectivity index (χ1n) is 8.93. The van der Waals surface area contributed by atoms with Gasteiger partial charge in [0.2, 0.25) is 5.91 Å². The maximum absolute atomic E-state index is 11.2. The fraction of sp³-hybridized carbons (Fsp3) is 0.238. The van der Waals surface area contributed by atoms with E-state index in [9.17, 15) is 4.79 Å². The number of carbonyl (C=O) groups excluding carboxylic acids is 1. The summed E-state index contributed by atoms with van der Waals surface area (Å²) in [4.78, 5) is 15.3. The van der Waals surface area contributed by atoms with Gasteiger partial charge >= 0.3 is 0 Å². The van der Waals surface area contributed by atoms with E-state index in [4.69, 9.17) is 27.9 Å². The molecule has 0 fully saturated rings. The third-order valence-electron chi connectivity index (χ3n) is 4.20. The lowest BCUT2D eigenvalue weighted by Crippen LogP contribution is -2.23. The van der Waals surface area contributed by atoms with Gasteiger partial charge in [0.1, 0.15) is 11.9 Å². The molecule has 146 valence electrons. The Morgan fingerprint density at radius 2 is 2.00 bits per heavy atom. The van der Waals surface area contributed by atoms with Crippen molar-refractivity contribution in [2.75, 3.05) is 5.32 Å². The highest BCUT2D eigenvalue weighted by molar-refractivity contribution is 6.33. The van der Waals surface area contributed by atoms with E-state index >= 15 is 0 Å². The molecule has 0 bridgehead atoms. The molecule has 0 aliphatic carbocycles. The predicted molar refractivity (Wildman–Crippen MR) is 112 cm³/mol. The van der Waals surface area contributed by atoms with Crippen LogP contribution in [0.25, 0.3) is 0 Å². The molecule has 0 saturated heterocycles. The Bertz CT molecular complexity index is 912. The van der Waals surface area contributed by atoms with E-state index in [2.05, 4.69) is 10.3 Å². The van der Waals surface area contributed by atoms with Gasteiger partial charge in [-0.15, -0.1) is 0 Å². The summed E-state index contributed by atoms with van der Waals surface area (Å²) in [6, 6.07) is 13.1. The number of hydrogen-bond donors (Lipinski definition) is 1. The molecule has 3 rings (SSSR count). The summed E-state index contributed by atoms with van der Waals surface area (Å²) >= 11 is 12.2. The van der Waals surface area contributed by atoms with Crippen LogP contribution in [0, 0.1) is 0 Å². The molecule has 1 amide bonds. The molecule has 28 heavy (non-hydrogen) atoms. The lowest BCUT2D eigenvalue weighted by Gasteiger charge is -2.20. The molecule has 2 aromatic carbocycles. The standard InChI is InChI=1S/C21H21Cl2N3O2/c1-15(27)25-21-9-8-18(12-20(21)23)28-19(13-26-11-10-24-14-26)7-4-16-2-5-17(22)6-3-16/h2-3,5-6,8-12,14,19H,4,7,13H2,1H3,(H,25,27). The molecule has 0 spiro atoms. The maximum Gasteiger partial charge on any atom is 0.221 e. The van der Waals surface area contributed by atoms with Crippen LogP contribution in [0.3, 0.4) is 0 Å². The minimum Gasteiger partial charge on any atom is -0.489 e. The van der Waals surface area contributed by atoms with Gasteiger partial charge in [0, 0.05) is 30.4 Å². The number of anilines is 1. The fourth-order valence-corrected chi connectivity index (χ4v) is 3.19. The second kappa shape index (κ2) is 9.62. The molecule has 1 unspecified atom stereocenters. The summed E-state index contributed by atoms with van der Waals surface area (Å²) in [7, 11) is 0. The van der Waals surface area contributed by atoms with Gasteiger partial charge in [0.15, 0.2) is 0 Å². The molecule has 3 aromatic rings. The maximum atomic E-state index is 11.2. The van der Waals surface area contributed by atoms with Crippen molar-refractivity contribution >= 4 is 34.8 Å². The molecule has 1 heterocycles. The van der Waals surface area contributed by atoms with Gasteiger partial charge in [-0.25, -0.2) is 4.98 Å². The molecule has 5 nitrogen and oxygen atoms in total. The van der Waals surface area contributed by atoms with Crippen LogP contribution in [0.15, 0.2) is 61.2 Å². The van der Waals surface area contributed by atoms with Crippen molar-refractivity contribution in [3.63, 3.8) is 0 Å².